The zero-order chi connectivity index (χ0) is 12.6. The number of piperidine rings is 1. The fourth-order valence-corrected chi connectivity index (χ4v) is 3.54. The monoisotopic (exact) mass is 312 g/mol. The van der Waals surface area contributed by atoms with E-state index in [-0.39, 0.29) is 10.2 Å². The predicted molar refractivity (Wildman–Crippen MR) is 70.4 cm³/mol. The number of carbonyl (C=O) groups is 1. The number of halogens is 1. The first kappa shape index (κ1) is 12.1. The van der Waals surface area contributed by atoms with Gasteiger partial charge in [-0.2, -0.15) is 0 Å². The Morgan fingerprint density at radius 1 is 1.33 bits per heavy atom. The van der Waals surface area contributed by atoms with Crippen LogP contribution in [0, 0.1) is 0 Å². The molecule has 5 nitrogen and oxygen atoms in total. The molecule has 0 aromatic carbocycles. The fraction of sp³-hybridized carbons (Fsp3) is 0.750. The number of hydrogen-bond donors (Lipinski definition) is 0. The van der Waals surface area contributed by atoms with Crippen LogP contribution < -0.4 is 0 Å². The van der Waals surface area contributed by atoms with E-state index in [4.69, 9.17) is 0 Å². The summed E-state index contributed by atoms with van der Waals surface area (Å²) in [4.78, 5) is 14.3. The Bertz CT molecular complexity index is 421. The first-order valence-corrected chi connectivity index (χ1v) is 7.32. The molecular weight excluding hydrogens is 296 g/mol. The summed E-state index contributed by atoms with van der Waals surface area (Å²) in [5.41, 5.74) is 0. The molecule has 0 radical (unpaired) electrons. The van der Waals surface area contributed by atoms with Crippen LogP contribution in [0.4, 0.5) is 0 Å². The van der Waals surface area contributed by atoms with Crippen LogP contribution >= 0.6 is 15.9 Å². The third-order valence-corrected chi connectivity index (χ3v) is 5.23. The Morgan fingerprint density at radius 3 is 2.56 bits per heavy atom. The van der Waals surface area contributed by atoms with E-state index < -0.39 is 0 Å². The fourth-order valence-electron chi connectivity index (χ4n) is 2.73. The molecule has 0 atom stereocenters. The SMILES string of the molecule is O=C(N1CCC(n2ccnn2)CC1)C1(Br)CCC1. The van der Waals surface area contributed by atoms with E-state index in [0.717, 1.165) is 45.2 Å². The summed E-state index contributed by atoms with van der Waals surface area (Å²) >= 11 is 3.60. The molecule has 1 saturated carbocycles. The molecule has 98 valence electrons. The Kier molecular flexibility index (Phi) is 3.13. The average Bonchev–Trinajstić information content (AvgIpc) is 2.89. The molecule has 1 saturated heterocycles. The second-order valence-electron chi connectivity index (χ2n) is 5.23. The minimum atomic E-state index is -0.243. The minimum Gasteiger partial charge on any atom is -0.341 e. The second-order valence-corrected chi connectivity index (χ2v) is 6.74. The largest absolute Gasteiger partial charge is 0.341 e. The van der Waals surface area contributed by atoms with E-state index in [1.807, 2.05) is 15.8 Å². The van der Waals surface area contributed by atoms with Crippen molar-refractivity contribution in [1.29, 1.82) is 0 Å². The van der Waals surface area contributed by atoms with Crippen LogP contribution in [0.3, 0.4) is 0 Å². The standard InChI is InChI=1S/C12H17BrN4O/c13-12(4-1-5-12)11(18)16-7-2-10(3-8-16)17-9-6-14-15-17/h6,9-10H,1-5,7-8H2. The Hall–Kier alpha value is -0.910. The number of nitrogens with zero attached hydrogens (tertiary/aromatic N) is 4. The van der Waals surface area contributed by atoms with Gasteiger partial charge in [-0.1, -0.05) is 21.1 Å². The highest BCUT2D eigenvalue weighted by Gasteiger charge is 2.44. The first-order valence-electron chi connectivity index (χ1n) is 6.53. The predicted octanol–water partition coefficient (Wildman–Crippen LogP) is 1.76. The molecule has 0 N–H and O–H groups in total. The van der Waals surface area contributed by atoms with Crippen LogP contribution in [-0.4, -0.2) is 43.2 Å². The van der Waals surface area contributed by atoms with Gasteiger partial charge in [-0.3, -0.25) is 4.79 Å². The van der Waals surface area contributed by atoms with Crippen LogP contribution in [0.2, 0.25) is 0 Å². The average molecular weight is 313 g/mol. The third-order valence-electron chi connectivity index (χ3n) is 4.10. The van der Waals surface area contributed by atoms with E-state index in [1.54, 1.807) is 6.20 Å². The second kappa shape index (κ2) is 4.64. The van der Waals surface area contributed by atoms with Crippen LogP contribution in [0.25, 0.3) is 0 Å². The third kappa shape index (κ3) is 2.06. The molecule has 0 bridgehead atoms. The maximum atomic E-state index is 12.3. The molecule has 1 aromatic heterocycles. The van der Waals surface area contributed by atoms with E-state index in [1.165, 1.54) is 0 Å². The van der Waals surface area contributed by atoms with E-state index in [2.05, 4.69) is 26.2 Å². The van der Waals surface area contributed by atoms with Gasteiger partial charge in [0.1, 0.15) is 4.32 Å². The van der Waals surface area contributed by atoms with Crippen molar-refractivity contribution in [3.8, 4) is 0 Å². The lowest BCUT2D eigenvalue weighted by Gasteiger charge is -2.41. The van der Waals surface area contributed by atoms with Crippen LogP contribution in [0.15, 0.2) is 12.4 Å². The van der Waals surface area contributed by atoms with Gasteiger partial charge >= 0.3 is 0 Å². The molecule has 2 aliphatic rings. The highest BCUT2D eigenvalue weighted by molar-refractivity contribution is 9.10. The Labute approximate surface area is 115 Å². The Balaban J connectivity index is 1.58. The van der Waals surface area contributed by atoms with Crippen molar-refractivity contribution in [3.05, 3.63) is 12.4 Å². The van der Waals surface area contributed by atoms with Gasteiger partial charge < -0.3 is 4.90 Å². The number of alkyl halides is 1. The molecule has 2 heterocycles. The molecule has 1 aliphatic heterocycles. The molecule has 18 heavy (non-hydrogen) atoms. The maximum Gasteiger partial charge on any atom is 0.239 e. The number of hydrogen-bond acceptors (Lipinski definition) is 3. The summed E-state index contributed by atoms with van der Waals surface area (Å²) in [6, 6.07) is 0.393. The number of aromatic nitrogens is 3. The van der Waals surface area contributed by atoms with Crippen molar-refractivity contribution in [3.63, 3.8) is 0 Å². The quantitative estimate of drug-likeness (QED) is 0.782. The summed E-state index contributed by atoms with van der Waals surface area (Å²) in [6.45, 7) is 1.66. The van der Waals surface area contributed by atoms with E-state index >= 15 is 0 Å². The maximum absolute atomic E-state index is 12.3. The van der Waals surface area contributed by atoms with Crippen LogP contribution in [-0.2, 0) is 4.79 Å². The van der Waals surface area contributed by atoms with Gasteiger partial charge in [-0.25, -0.2) is 4.68 Å². The lowest BCUT2D eigenvalue weighted by atomic mass is 9.83. The van der Waals surface area contributed by atoms with Gasteiger partial charge in [0.15, 0.2) is 0 Å². The van der Waals surface area contributed by atoms with Gasteiger partial charge in [0.25, 0.3) is 0 Å². The number of likely N-dealkylation sites (tertiary alicyclic amines) is 1. The number of rotatable bonds is 2. The Morgan fingerprint density at radius 2 is 2.06 bits per heavy atom. The molecular formula is C12H17BrN4O. The molecule has 0 unspecified atom stereocenters. The van der Waals surface area contributed by atoms with Gasteiger partial charge in [0.05, 0.1) is 12.2 Å². The van der Waals surface area contributed by atoms with Crippen molar-refractivity contribution < 1.29 is 4.79 Å². The van der Waals surface area contributed by atoms with Gasteiger partial charge in [-0.15, -0.1) is 5.10 Å². The lowest BCUT2D eigenvalue weighted by molar-refractivity contribution is -0.137. The molecule has 2 fully saturated rings. The van der Waals surface area contributed by atoms with Gasteiger partial charge in [0.2, 0.25) is 5.91 Å². The molecule has 1 aromatic rings. The highest BCUT2D eigenvalue weighted by atomic mass is 79.9. The van der Waals surface area contributed by atoms with Crippen molar-refractivity contribution in [2.75, 3.05) is 13.1 Å². The number of amides is 1. The van der Waals surface area contributed by atoms with Crippen LogP contribution in [0.5, 0.6) is 0 Å². The highest BCUT2D eigenvalue weighted by Crippen LogP contribution is 2.42. The van der Waals surface area contributed by atoms with E-state index in [9.17, 15) is 4.79 Å². The topological polar surface area (TPSA) is 51.0 Å². The van der Waals surface area contributed by atoms with Gasteiger partial charge in [0, 0.05) is 19.3 Å². The summed E-state index contributed by atoms with van der Waals surface area (Å²) in [7, 11) is 0. The summed E-state index contributed by atoms with van der Waals surface area (Å²) in [6.07, 6.45) is 8.67. The molecule has 1 amide bonds. The summed E-state index contributed by atoms with van der Waals surface area (Å²) < 4.78 is 1.67. The van der Waals surface area contributed by atoms with Crippen molar-refractivity contribution in [2.45, 2.75) is 42.5 Å². The zero-order valence-corrected chi connectivity index (χ0v) is 11.8. The molecule has 6 heteroatoms. The molecule has 0 spiro atoms. The summed E-state index contributed by atoms with van der Waals surface area (Å²) in [5, 5.41) is 7.88. The van der Waals surface area contributed by atoms with Gasteiger partial charge in [-0.05, 0) is 32.1 Å². The normalized spacial score (nSPS) is 23.7. The molecule has 1 aliphatic carbocycles. The zero-order valence-electron chi connectivity index (χ0n) is 10.3. The van der Waals surface area contributed by atoms with Crippen molar-refractivity contribution in [1.82, 2.24) is 19.9 Å². The van der Waals surface area contributed by atoms with E-state index in [0.29, 0.717) is 6.04 Å². The smallest absolute Gasteiger partial charge is 0.239 e. The first-order chi connectivity index (χ1) is 8.69. The van der Waals surface area contributed by atoms with Crippen LogP contribution in [0.1, 0.15) is 38.1 Å². The minimum absolute atomic E-state index is 0.243. The number of carbonyl (C=O) groups excluding carboxylic acids is 1. The van der Waals surface area contributed by atoms with Crippen molar-refractivity contribution in [2.24, 2.45) is 0 Å². The van der Waals surface area contributed by atoms with Crippen molar-refractivity contribution >= 4 is 21.8 Å². The lowest BCUT2D eigenvalue weighted by Crippen LogP contribution is -2.51. The molecule has 3 rings (SSSR count). The summed E-state index contributed by atoms with van der Waals surface area (Å²) in [5.74, 6) is 0.283.